The normalized spacial score (nSPS) is 15.0. The van der Waals surface area contributed by atoms with Gasteiger partial charge in [0.05, 0.1) is 0 Å². The van der Waals surface area contributed by atoms with Crippen molar-refractivity contribution in [3.63, 3.8) is 0 Å². The number of hydrogen-bond acceptors (Lipinski definition) is 2. The zero-order valence-electron chi connectivity index (χ0n) is 14.4. The van der Waals surface area contributed by atoms with Crippen LogP contribution < -0.4 is 9.96 Å². The molecule has 0 saturated carbocycles. The Morgan fingerprint density at radius 3 is 1.00 bits per heavy atom. The summed E-state index contributed by atoms with van der Waals surface area (Å²) >= 11 is 0. The van der Waals surface area contributed by atoms with Crippen LogP contribution in [-0.4, -0.2) is 29.6 Å². The highest BCUT2D eigenvalue weighted by Crippen LogP contribution is 2.34. The standard InChI is InChI=1S/C14H36N2Si2/c1-13(2,3)17(7,8)15-11-12-16-18(9,10)14(4,5)6/h15-16H,11-12H2,1-10H3. The molecule has 0 unspecified atom stereocenters. The van der Waals surface area contributed by atoms with Crippen LogP contribution in [0, 0.1) is 0 Å². The fourth-order valence-corrected chi connectivity index (χ4v) is 3.84. The van der Waals surface area contributed by atoms with Crippen LogP contribution in [0.2, 0.25) is 36.3 Å². The van der Waals surface area contributed by atoms with Crippen molar-refractivity contribution in [2.45, 2.75) is 77.8 Å². The van der Waals surface area contributed by atoms with Gasteiger partial charge < -0.3 is 9.96 Å². The Hall–Kier alpha value is 0.354. The molecular formula is C14H36N2Si2. The predicted molar refractivity (Wildman–Crippen MR) is 90.4 cm³/mol. The summed E-state index contributed by atoms with van der Waals surface area (Å²) in [7, 11) is -2.64. The third-order valence-electron chi connectivity index (χ3n) is 5.01. The van der Waals surface area contributed by atoms with E-state index in [1.165, 1.54) is 0 Å². The van der Waals surface area contributed by atoms with E-state index in [1.54, 1.807) is 0 Å². The lowest BCUT2D eigenvalue weighted by molar-refractivity contribution is 0.659. The highest BCUT2D eigenvalue weighted by Gasteiger charge is 2.36. The molecule has 0 aromatic heterocycles. The van der Waals surface area contributed by atoms with Gasteiger partial charge in [-0.2, -0.15) is 0 Å². The molecule has 0 aromatic carbocycles. The molecule has 0 aliphatic rings. The minimum absolute atomic E-state index is 0.421. The van der Waals surface area contributed by atoms with Crippen LogP contribution in [0.5, 0.6) is 0 Å². The molecule has 0 atom stereocenters. The third-order valence-corrected chi connectivity index (χ3v) is 14.8. The smallest absolute Gasteiger partial charge is 0.124 e. The summed E-state index contributed by atoms with van der Waals surface area (Å²) in [6.07, 6.45) is 0. The van der Waals surface area contributed by atoms with E-state index in [-0.39, 0.29) is 0 Å². The highest BCUT2D eigenvalue weighted by molar-refractivity contribution is 6.78. The van der Waals surface area contributed by atoms with Crippen LogP contribution in [-0.2, 0) is 0 Å². The van der Waals surface area contributed by atoms with Gasteiger partial charge in [-0.25, -0.2) is 0 Å². The second-order valence-corrected chi connectivity index (χ2v) is 18.8. The van der Waals surface area contributed by atoms with Gasteiger partial charge in [0.2, 0.25) is 0 Å². The molecule has 0 rings (SSSR count). The van der Waals surface area contributed by atoms with E-state index < -0.39 is 16.5 Å². The van der Waals surface area contributed by atoms with E-state index in [2.05, 4.69) is 77.7 Å². The molecule has 0 aromatic rings. The largest absolute Gasteiger partial charge is 0.336 e. The van der Waals surface area contributed by atoms with Crippen molar-refractivity contribution in [2.24, 2.45) is 0 Å². The Balaban J connectivity index is 4.17. The van der Waals surface area contributed by atoms with E-state index in [4.69, 9.17) is 0 Å². The molecule has 0 bridgehead atoms. The minimum atomic E-state index is -1.32. The second-order valence-electron chi connectivity index (χ2n) is 8.60. The lowest BCUT2D eigenvalue weighted by Gasteiger charge is -2.40. The summed E-state index contributed by atoms with van der Waals surface area (Å²) < 4.78 is 0. The van der Waals surface area contributed by atoms with E-state index in [9.17, 15) is 0 Å². The van der Waals surface area contributed by atoms with Gasteiger partial charge in [0.1, 0.15) is 16.5 Å². The maximum atomic E-state index is 3.82. The molecule has 110 valence electrons. The van der Waals surface area contributed by atoms with Crippen LogP contribution in [0.1, 0.15) is 41.5 Å². The molecular weight excluding hydrogens is 252 g/mol. The van der Waals surface area contributed by atoms with Crippen molar-refractivity contribution in [2.75, 3.05) is 13.1 Å². The predicted octanol–water partition coefficient (Wildman–Crippen LogP) is 4.18. The summed E-state index contributed by atoms with van der Waals surface area (Å²) in [6.45, 7) is 26.0. The zero-order valence-corrected chi connectivity index (χ0v) is 16.4. The van der Waals surface area contributed by atoms with Gasteiger partial charge in [-0.05, 0) is 10.1 Å². The molecule has 0 spiro atoms. The molecule has 2 nitrogen and oxygen atoms in total. The molecule has 18 heavy (non-hydrogen) atoms. The maximum absolute atomic E-state index is 3.82. The Kier molecular flexibility index (Phi) is 5.89. The summed E-state index contributed by atoms with van der Waals surface area (Å²) in [5, 5.41) is 0.841. The average molecular weight is 289 g/mol. The summed E-state index contributed by atoms with van der Waals surface area (Å²) in [5.41, 5.74) is 0. The lowest BCUT2D eigenvalue weighted by atomic mass is 10.2. The zero-order chi connectivity index (χ0) is 14.8. The Labute approximate surface area is 118 Å². The Bertz CT molecular complexity index is 232. The minimum Gasteiger partial charge on any atom is -0.336 e. The van der Waals surface area contributed by atoms with Crippen LogP contribution >= 0.6 is 0 Å². The van der Waals surface area contributed by atoms with Gasteiger partial charge in [0, 0.05) is 13.1 Å². The molecule has 4 heteroatoms. The van der Waals surface area contributed by atoms with Crippen molar-refractivity contribution in [1.29, 1.82) is 0 Å². The Morgan fingerprint density at radius 1 is 0.611 bits per heavy atom. The van der Waals surface area contributed by atoms with Gasteiger partial charge >= 0.3 is 0 Å². The van der Waals surface area contributed by atoms with Crippen LogP contribution in [0.4, 0.5) is 0 Å². The van der Waals surface area contributed by atoms with E-state index in [0.29, 0.717) is 10.1 Å². The molecule has 0 amide bonds. The van der Waals surface area contributed by atoms with Crippen LogP contribution in [0.25, 0.3) is 0 Å². The summed E-state index contributed by atoms with van der Waals surface area (Å²) in [4.78, 5) is 7.64. The maximum Gasteiger partial charge on any atom is 0.124 e. The first-order valence-electron chi connectivity index (χ1n) is 7.21. The monoisotopic (exact) mass is 288 g/mol. The van der Waals surface area contributed by atoms with Crippen molar-refractivity contribution in [1.82, 2.24) is 9.96 Å². The first kappa shape index (κ1) is 18.4. The molecule has 0 aliphatic heterocycles. The van der Waals surface area contributed by atoms with E-state index in [0.717, 1.165) is 13.1 Å². The topological polar surface area (TPSA) is 24.1 Å². The highest BCUT2D eigenvalue weighted by atomic mass is 28.3. The van der Waals surface area contributed by atoms with Gasteiger partial charge in [0.15, 0.2) is 0 Å². The SMILES string of the molecule is CC(C)(C)[Si](C)(C)NCCN[Si](C)(C)C(C)(C)C. The molecule has 0 heterocycles. The van der Waals surface area contributed by atoms with Crippen molar-refractivity contribution in [3.8, 4) is 0 Å². The van der Waals surface area contributed by atoms with Crippen LogP contribution in [0.15, 0.2) is 0 Å². The number of hydrogen-bond donors (Lipinski definition) is 2. The number of nitrogens with one attached hydrogen (secondary N) is 2. The molecule has 0 aliphatic carbocycles. The molecule has 0 saturated heterocycles. The molecule has 0 fully saturated rings. The second kappa shape index (κ2) is 5.77. The van der Waals surface area contributed by atoms with Gasteiger partial charge in [-0.1, -0.05) is 67.7 Å². The van der Waals surface area contributed by atoms with Gasteiger partial charge in [-0.15, -0.1) is 0 Å². The van der Waals surface area contributed by atoms with Crippen molar-refractivity contribution in [3.05, 3.63) is 0 Å². The van der Waals surface area contributed by atoms with Gasteiger partial charge in [0.25, 0.3) is 0 Å². The third kappa shape index (κ3) is 5.15. The first-order chi connectivity index (χ1) is 7.71. The summed E-state index contributed by atoms with van der Waals surface area (Å²) in [6, 6.07) is 0. The first-order valence-corrected chi connectivity index (χ1v) is 13.2. The van der Waals surface area contributed by atoms with E-state index in [1.807, 2.05) is 0 Å². The number of rotatable bonds is 5. The lowest BCUT2D eigenvalue weighted by Crippen LogP contribution is -2.57. The molecule has 2 N–H and O–H groups in total. The van der Waals surface area contributed by atoms with Crippen LogP contribution in [0.3, 0.4) is 0 Å². The fourth-order valence-electron chi connectivity index (χ4n) is 1.28. The van der Waals surface area contributed by atoms with E-state index >= 15 is 0 Å². The summed E-state index contributed by atoms with van der Waals surface area (Å²) in [5.74, 6) is 0. The Morgan fingerprint density at radius 2 is 0.833 bits per heavy atom. The fraction of sp³-hybridized carbons (Fsp3) is 1.00. The molecule has 0 radical (unpaired) electrons. The van der Waals surface area contributed by atoms with Gasteiger partial charge in [-0.3, -0.25) is 0 Å². The average Bonchev–Trinajstić information content (AvgIpc) is 2.08. The van der Waals surface area contributed by atoms with Crippen molar-refractivity contribution >= 4 is 16.5 Å². The quantitative estimate of drug-likeness (QED) is 0.586. The van der Waals surface area contributed by atoms with Crippen molar-refractivity contribution < 1.29 is 0 Å².